The molecule has 1 atom stereocenters. The molecule has 7 nitrogen and oxygen atoms in total. The zero-order valence-corrected chi connectivity index (χ0v) is 20.5. The normalized spacial score (nSPS) is 18.5. The van der Waals surface area contributed by atoms with Crippen LogP contribution >= 0.6 is 23.4 Å². The summed E-state index contributed by atoms with van der Waals surface area (Å²) in [5.74, 6) is 0.783. The summed E-state index contributed by atoms with van der Waals surface area (Å²) >= 11 is 7.88. The number of nitrogens with one attached hydrogen (secondary N) is 1. The zero-order valence-electron chi connectivity index (χ0n) is 18.9. The highest BCUT2D eigenvalue weighted by Gasteiger charge is 2.31. The molecule has 3 aromatic rings. The van der Waals surface area contributed by atoms with Gasteiger partial charge in [-0.2, -0.15) is 0 Å². The van der Waals surface area contributed by atoms with Gasteiger partial charge in [-0.15, -0.1) is 10.2 Å². The molecule has 2 heterocycles. The summed E-state index contributed by atoms with van der Waals surface area (Å²) in [6, 6.07) is 15.1. The molecule has 0 unspecified atom stereocenters. The van der Waals surface area contributed by atoms with Crippen LogP contribution in [0.1, 0.15) is 45.1 Å². The first-order valence-electron chi connectivity index (χ1n) is 11.6. The third kappa shape index (κ3) is 4.44. The minimum Gasteiger partial charge on any atom is -0.324 e. The van der Waals surface area contributed by atoms with Gasteiger partial charge >= 0.3 is 0 Å². The molecule has 2 amide bonds. The van der Waals surface area contributed by atoms with Crippen molar-refractivity contribution in [3.05, 3.63) is 53.6 Å². The summed E-state index contributed by atoms with van der Waals surface area (Å²) in [6.45, 7) is 1.90. The SMILES string of the molecule is C[C@@H]1CC(=O)Nc2ccccc2N1C(=O)CSc1nnc(-c2ccccc2Cl)n1C1CCCC1. The molecule has 9 heteroatoms. The van der Waals surface area contributed by atoms with E-state index in [-0.39, 0.29) is 30.0 Å². The van der Waals surface area contributed by atoms with Crippen molar-refractivity contribution in [1.29, 1.82) is 0 Å². The number of hydrogen-bond donors (Lipinski definition) is 1. The highest BCUT2D eigenvalue weighted by Crippen LogP contribution is 2.39. The van der Waals surface area contributed by atoms with E-state index in [4.69, 9.17) is 11.6 Å². The van der Waals surface area contributed by atoms with Crippen LogP contribution in [0.15, 0.2) is 53.7 Å². The Morgan fingerprint density at radius 3 is 2.65 bits per heavy atom. The number of rotatable bonds is 5. The maximum absolute atomic E-state index is 13.5. The Balaban J connectivity index is 1.43. The van der Waals surface area contributed by atoms with E-state index in [0.717, 1.165) is 47.9 Å². The van der Waals surface area contributed by atoms with E-state index >= 15 is 0 Å². The fourth-order valence-corrected chi connectivity index (χ4v) is 5.94. The van der Waals surface area contributed by atoms with Crippen molar-refractivity contribution in [3.63, 3.8) is 0 Å². The highest BCUT2D eigenvalue weighted by atomic mass is 35.5. The van der Waals surface area contributed by atoms with Gasteiger partial charge in [0.1, 0.15) is 0 Å². The average molecular weight is 496 g/mol. The Labute approximate surface area is 207 Å². The first-order valence-corrected chi connectivity index (χ1v) is 12.9. The number of para-hydroxylation sites is 2. The third-order valence-corrected chi connectivity index (χ3v) is 7.68. The van der Waals surface area contributed by atoms with E-state index in [1.165, 1.54) is 11.8 Å². The van der Waals surface area contributed by atoms with E-state index in [1.807, 2.05) is 55.5 Å². The lowest BCUT2D eigenvalue weighted by molar-refractivity contribution is -0.117. The number of benzene rings is 2. The van der Waals surface area contributed by atoms with Gasteiger partial charge in [0, 0.05) is 24.1 Å². The molecule has 0 saturated heterocycles. The van der Waals surface area contributed by atoms with Crippen LogP contribution in [0.25, 0.3) is 11.4 Å². The smallest absolute Gasteiger partial charge is 0.237 e. The van der Waals surface area contributed by atoms with Crippen molar-refractivity contribution in [1.82, 2.24) is 14.8 Å². The van der Waals surface area contributed by atoms with Crippen molar-refractivity contribution in [2.75, 3.05) is 16.0 Å². The lowest BCUT2D eigenvalue weighted by atomic mass is 10.2. The number of amides is 2. The predicted octanol–water partition coefficient (Wildman–Crippen LogP) is 5.57. The predicted molar refractivity (Wildman–Crippen MR) is 135 cm³/mol. The average Bonchev–Trinajstić information content (AvgIpc) is 3.46. The summed E-state index contributed by atoms with van der Waals surface area (Å²) in [7, 11) is 0. The molecule has 176 valence electrons. The molecule has 1 aliphatic heterocycles. The summed E-state index contributed by atoms with van der Waals surface area (Å²) in [4.78, 5) is 27.5. The van der Waals surface area contributed by atoms with Crippen molar-refractivity contribution in [2.45, 2.75) is 56.3 Å². The standard InChI is InChI=1S/C25H26ClN5O2S/c1-16-14-22(32)27-20-12-6-7-13-21(20)30(16)23(33)15-34-25-29-28-24(18-10-4-5-11-19(18)26)31(25)17-8-2-3-9-17/h4-7,10-13,16-17H,2-3,8-9,14-15H2,1H3,(H,27,32)/t16-/m1/s1. The molecule has 1 saturated carbocycles. The Morgan fingerprint density at radius 2 is 1.85 bits per heavy atom. The van der Waals surface area contributed by atoms with E-state index in [0.29, 0.717) is 16.8 Å². The summed E-state index contributed by atoms with van der Waals surface area (Å²) < 4.78 is 2.16. The van der Waals surface area contributed by atoms with Crippen LogP contribution in [0.2, 0.25) is 5.02 Å². The van der Waals surface area contributed by atoms with Crippen molar-refractivity contribution in [3.8, 4) is 11.4 Å². The lowest BCUT2D eigenvalue weighted by Crippen LogP contribution is -2.40. The number of thioether (sulfide) groups is 1. The second kappa shape index (κ2) is 9.80. The van der Waals surface area contributed by atoms with Gasteiger partial charge in [-0.1, -0.05) is 60.5 Å². The number of hydrogen-bond acceptors (Lipinski definition) is 5. The van der Waals surface area contributed by atoms with Crippen molar-refractivity contribution >= 4 is 46.6 Å². The second-order valence-electron chi connectivity index (χ2n) is 8.77. The van der Waals surface area contributed by atoms with E-state index in [1.54, 1.807) is 4.90 Å². The number of halogens is 1. The molecular weight excluding hydrogens is 470 g/mol. The summed E-state index contributed by atoms with van der Waals surface area (Å²) in [5.41, 5.74) is 2.23. The van der Waals surface area contributed by atoms with Gasteiger partial charge in [0.2, 0.25) is 11.8 Å². The molecule has 0 spiro atoms. The highest BCUT2D eigenvalue weighted by molar-refractivity contribution is 7.99. The van der Waals surface area contributed by atoms with Gasteiger partial charge in [0.05, 0.1) is 22.2 Å². The molecule has 1 N–H and O–H groups in total. The third-order valence-electron chi connectivity index (χ3n) is 6.42. The minimum absolute atomic E-state index is 0.0679. The fraction of sp³-hybridized carbons (Fsp3) is 0.360. The maximum Gasteiger partial charge on any atom is 0.237 e. The monoisotopic (exact) mass is 495 g/mol. The van der Waals surface area contributed by atoms with Crippen LogP contribution in [0.4, 0.5) is 11.4 Å². The van der Waals surface area contributed by atoms with E-state index in [2.05, 4.69) is 20.1 Å². The van der Waals surface area contributed by atoms with Crippen LogP contribution in [-0.2, 0) is 9.59 Å². The van der Waals surface area contributed by atoms with Crippen LogP contribution in [0, 0.1) is 0 Å². The van der Waals surface area contributed by atoms with Gasteiger partial charge in [-0.25, -0.2) is 0 Å². The van der Waals surface area contributed by atoms with Gasteiger partial charge in [-0.05, 0) is 44.0 Å². The van der Waals surface area contributed by atoms with Crippen LogP contribution in [-0.4, -0.2) is 38.4 Å². The van der Waals surface area contributed by atoms with Gasteiger partial charge in [0.25, 0.3) is 0 Å². The minimum atomic E-state index is -0.247. The summed E-state index contributed by atoms with van der Waals surface area (Å²) in [6.07, 6.45) is 4.69. The molecule has 2 aromatic carbocycles. The molecule has 0 bridgehead atoms. The second-order valence-corrected chi connectivity index (χ2v) is 10.1. The van der Waals surface area contributed by atoms with Crippen LogP contribution in [0.3, 0.4) is 0 Å². The van der Waals surface area contributed by atoms with Gasteiger partial charge < -0.3 is 10.2 Å². The maximum atomic E-state index is 13.5. The molecule has 1 aromatic heterocycles. The Morgan fingerprint density at radius 1 is 1.12 bits per heavy atom. The first kappa shape index (κ1) is 22.9. The molecule has 2 aliphatic rings. The lowest BCUT2D eigenvalue weighted by Gasteiger charge is -2.27. The van der Waals surface area contributed by atoms with Crippen LogP contribution < -0.4 is 10.2 Å². The number of anilines is 2. The van der Waals surface area contributed by atoms with Gasteiger partial charge in [0.15, 0.2) is 11.0 Å². The number of aromatic nitrogens is 3. The van der Waals surface area contributed by atoms with E-state index < -0.39 is 0 Å². The number of carbonyl (C=O) groups excluding carboxylic acids is 2. The molecule has 1 fully saturated rings. The van der Waals surface area contributed by atoms with E-state index in [9.17, 15) is 9.59 Å². The molecule has 5 rings (SSSR count). The number of fused-ring (bicyclic) bond motifs is 1. The number of nitrogens with zero attached hydrogens (tertiary/aromatic N) is 4. The number of carbonyl (C=O) groups is 2. The molecule has 1 aliphatic carbocycles. The Kier molecular flexibility index (Phi) is 6.61. The fourth-order valence-electron chi connectivity index (χ4n) is 4.86. The van der Waals surface area contributed by atoms with Crippen molar-refractivity contribution in [2.24, 2.45) is 0 Å². The van der Waals surface area contributed by atoms with Crippen molar-refractivity contribution < 1.29 is 9.59 Å². The Hall–Kier alpha value is -2.84. The quantitative estimate of drug-likeness (QED) is 0.468. The first-order chi connectivity index (χ1) is 16.5. The largest absolute Gasteiger partial charge is 0.324 e. The van der Waals surface area contributed by atoms with Crippen LogP contribution in [0.5, 0.6) is 0 Å². The Bertz CT molecular complexity index is 1220. The zero-order chi connectivity index (χ0) is 23.7. The molecular formula is C25H26ClN5O2S. The summed E-state index contributed by atoms with van der Waals surface area (Å²) in [5, 5.41) is 13.2. The molecule has 34 heavy (non-hydrogen) atoms. The topological polar surface area (TPSA) is 80.1 Å². The van der Waals surface area contributed by atoms with Gasteiger partial charge in [-0.3, -0.25) is 14.2 Å². The molecule has 0 radical (unpaired) electrons.